The molecular formula is C15H16Cl2N2O2. The van der Waals surface area contributed by atoms with Gasteiger partial charge in [0.15, 0.2) is 11.5 Å². The SMILES string of the molecule is COc1ccc(C(NN)c2cccc(Cl)c2Cl)cc1OC. The van der Waals surface area contributed by atoms with Gasteiger partial charge in [0.05, 0.1) is 30.3 Å². The molecule has 0 bridgehead atoms. The zero-order valence-electron chi connectivity index (χ0n) is 11.7. The summed E-state index contributed by atoms with van der Waals surface area (Å²) in [5.41, 5.74) is 4.43. The molecule has 0 aliphatic carbocycles. The second kappa shape index (κ2) is 7.00. The molecule has 0 aromatic heterocycles. The predicted octanol–water partition coefficient (Wildman–Crippen LogP) is 3.56. The first kappa shape index (κ1) is 15.9. The Morgan fingerprint density at radius 1 is 1.05 bits per heavy atom. The number of nitrogens with one attached hydrogen (secondary N) is 1. The fourth-order valence-corrected chi connectivity index (χ4v) is 2.56. The third-order valence-electron chi connectivity index (χ3n) is 3.20. The minimum Gasteiger partial charge on any atom is -0.493 e. The van der Waals surface area contributed by atoms with E-state index < -0.39 is 0 Å². The van der Waals surface area contributed by atoms with Crippen LogP contribution in [0.4, 0.5) is 0 Å². The molecule has 1 unspecified atom stereocenters. The van der Waals surface area contributed by atoms with Crippen molar-refractivity contribution in [1.29, 1.82) is 0 Å². The van der Waals surface area contributed by atoms with E-state index in [9.17, 15) is 0 Å². The number of ether oxygens (including phenoxy) is 2. The second-order valence-corrected chi connectivity index (χ2v) is 5.14. The largest absolute Gasteiger partial charge is 0.493 e. The standard InChI is InChI=1S/C15H16Cl2N2O2/c1-20-12-7-6-9(8-13(12)21-2)15(19-18)10-4-3-5-11(16)14(10)17/h3-8,15,19H,18H2,1-2H3. The zero-order chi connectivity index (χ0) is 15.4. The molecule has 0 amide bonds. The van der Waals surface area contributed by atoms with Gasteiger partial charge in [-0.05, 0) is 29.3 Å². The maximum absolute atomic E-state index is 6.27. The quantitative estimate of drug-likeness (QED) is 0.651. The molecule has 0 aliphatic heterocycles. The van der Waals surface area contributed by atoms with E-state index in [2.05, 4.69) is 5.43 Å². The maximum Gasteiger partial charge on any atom is 0.161 e. The monoisotopic (exact) mass is 326 g/mol. The lowest BCUT2D eigenvalue weighted by Crippen LogP contribution is -2.29. The smallest absolute Gasteiger partial charge is 0.161 e. The number of hydrazine groups is 1. The zero-order valence-corrected chi connectivity index (χ0v) is 13.2. The molecule has 1 atom stereocenters. The Bertz CT molecular complexity index is 635. The number of benzene rings is 2. The number of hydrogen-bond donors (Lipinski definition) is 2. The molecular weight excluding hydrogens is 311 g/mol. The van der Waals surface area contributed by atoms with Crippen LogP contribution in [0.25, 0.3) is 0 Å². The van der Waals surface area contributed by atoms with Gasteiger partial charge in [-0.25, -0.2) is 5.43 Å². The van der Waals surface area contributed by atoms with Crippen LogP contribution in [0.5, 0.6) is 11.5 Å². The summed E-state index contributed by atoms with van der Waals surface area (Å²) in [5.74, 6) is 6.96. The summed E-state index contributed by atoms with van der Waals surface area (Å²) in [6.45, 7) is 0. The molecule has 2 aromatic carbocycles. The third-order valence-corrected chi connectivity index (χ3v) is 4.03. The van der Waals surface area contributed by atoms with Gasteiger partial charge in [-0.15, -0.1) is 0 Å². The summed E-state index contributed by atoms with van der Waals surface area (Å²) >= 11 is 12.3. The Hall–Kier alpha value is -1.46. The van der Waals surface area contributed by atoms with Gasteiger partial charge < -0.3 is 9.47 Å². The van der Waals surface area contributed by atoms with E-state index in [1.165, 1.54) is 0 Å². The first-order chi connectivity index (χ1) is 10.1. The van der Waals surface area contributed by atoms with E-state index in [0.717, 1.165) is 11.1 Å². The molecule has 21 heavy (non-hydrogen) atoms. The summed E-state index contributed by atoms with van der Waals surface area (Å²) in [6.07, 6.45) is 0. The maximum atomic E-state index is 6.27. The van der Waals surface area contributed by atoms with Crippen molar-refractivity contribution in [2.45, 2.75) is 6.04 Å². The van der Waals surface area contributed by atoms with E-state index in [0.29, 0.717) is 21.5 Å². The van der Waals surface area contributed by atoms with Crippen LogP contribution >= 0.6 is 23.2 Å². The first-order valence-electron chi connectivity index (χ1n) is 6.24. The number of methoxy groups -OCH3 is 2. The Morgan fingerprint density at radius 2 is 1.76 bits per heavy atom. The Kier molecular flexibility index (Phi) is 5.31. The van der Waals surface area contributed by atoms with Crippen molar-refractivity contribution in [1.82, 2.24) is 5.43 Å². The normalized spacial score (nSPS) is 12.0. The molecule has 0 fully saturated rings. The highest BCUT2D eigenvalue weighted by Crippen LogP contribution is 2.36. The third kappa shape index (κ3) is 3.24. The molecule has 112 valence electrons. The van der Waals surface area contributed by atoms with Gasteiger partial charge >= 0.3 is 0 Å². The Balaban J connectivity index is 2.49. The van der Waals surface area contributed by atoms with Crippen molar-refractivity contribution in [3.8, 4) is 11.5 Å². The van der Waals surface area contributed by atoms with Crippen LogP contribution in [0.2, 0.25) is 10.0 Å². The molecule has 0 saturated carbocycles. The number of halogens is 2. The van der Waals surface area contributed by atoms with Crippen LogP contribution in [0.15, 0.2) is 36.4 Å². The Morgan fingerprint density at radius 3 is 2.38 bits per heavy atom. The summed E-state index contributed by atoms with van der Waals surface area (Å²) in [4.78, 5) is 0. The highest BCUT2D eigenvalue weighted by Gasteiger charge is 2.18. The van der Waals surface area contributed by atoms with Gasteiger partial charge in [-0.1, -0.05) is 41.4 Å². The lowest BCUT2D eigenvalue weighted by molar-refractivity contribution is 0.354. The number of rotatable bonds is 5. The lowest BCUT2D eigenvalue weighted by atomic mass is 9.99. The fraction of sp³-hybridized carbons (Fsp3) is 0.200. The summed E-state index contributed by atoms with van der Waals surface area (Å²) < 4.78 is 10.5. The molecule has 0 saturated heterocycles. The van der Waals surface area contributed by atoms with Crippen molar-refractivity contribution in [2.24, 2.45) is 5.84 Å². The fourth-order valence-electron chi connectivity index (χ4n) is 2.14. The molecule has 2 aromatic rings. The molecule has 6 heteroatoms. The van der Waals surface area contributed by atoms with E-state index in [4.69, 9.17) is 38.5 Å². The average Bonchev–Trinajstić information content (AvgIpc) is 2.51. The van der Waals surface area contributed by atoms with Crippen LogP contribution in [-0.4, -0.2) is 14.2 Å². The van der Waals surface area contributed by atoms with Crippen molar-refractivity contribution in [3.63, 3.8) is 0 Å². The van der Waals surface area contributed by atoms with Gasteiger partial charge in [0, 0.05) is 0 Å². The van der Waals surface area contributed by atoms with Crippen LogP contribution in [0.3, 0.4) is 0 Å². The van der Waals surface area contributed by atoms with Gasteiger partial charge in [0.2, 0.25) is 0 Å². The summed E-state index contributed by atoms with van der Waals surface area (Å²) in [5, 5.41) is 0.951. The van der Waals surface area contributed by atoms with Gasteiger partial charge in [-0.3, -0.25) is 5.84 Å². The van der Waals surface area contributed by atoms with E-state index in [1.54, 1.807) is 20.3 Å². The molecule has 0 aliphatic rings. The van der Waals surface area contributed by atoms with Crippen molar-refractivity contribution < 1.29 is 9.47 Å². The van der Waals surface area contributed by atoms with Crippen molar-refractivity contribution in [3.05, 3.63) is 57.6 Å². The lowest BCUT2D eigenvalue weighted by Gasteiger charge is -2.20. The highest BCUT2D eigenvalue weighted by atomic mass is 35.5. The topological polar surface area (TPSA) is 56.5 Å². The van der Waals surface area contributed by atoms with Crippen molar-refractivity contribution >= 4 is 23.2 Å². The Labute approximate surface area is 133 Å². The molecule has 0 radical (unpaired) electrons. The van der Waals surface area contributed by atoms with Gasteiger partial charge in [0.25, 0.3) is 0 Å². The van der Waals surface area contributed by atoms with E-state index in [1.807, 2.05) is 30.3 Å². The minimum atomic E-state index is -0.309. The van der Waals surface area contributed by atoms with Gasteiger partial charge in [-0.2, -0.15) is 0 Å². The second-order valence-electron chi connectivity index (χ2n) is 4.36. The van der Waals surface area contributed by atoms with E-state index >= 15 is 0 Å². The minimum absolute atomic E-state index is 0.309. The molecule has 0 spiro atoms. The molecule has 0 heterocycles. The molecule has 2 rings (SSSR count). The highest BCUT2D eigenvalue weighted by molar-refractivity contribution is 6.42. The summed E-state index contributed by atoms with van der Waals surface area (Å²) in [6, 6.07) is 10.7. The number of nitrogens with two attached hydrogens (primary N) is 1. The van der Waals surface area contributed by atoms with Crippen LogP contribution in [-0.2, 0) is 0 Å². The number of hydrogen-bond acceptors (Lipinski definition) is 4. The molecule has 4 nitrogen and oxygen atoms in total. The molecule has 3 N–H and O–H groups in total. The van der Waals surface area contributed by atoms with Crippen LogP contribution < -0.4 is 20.7 Å². The summed E-state index contributed by atoms with van der Waals surface area (Å²) in [7, 11) is 3.17. The first-order valence-corrected chi connectivity index (χ1v) is 7.00. The van der Waals surface area contributed by atoms with Crippen LogP contribution in [0, 0.1) is 0 Å². The average molecular weight is 327 g/mol. The predicted molar refractivity (Wildman–Crippen MR) is 85.2 cm³/mol. The van der Waals surface area contributed by atoms with E-state index in [-0.39, 0.29) is 6.04 Å². The van der Waals surface area contributed by atoms with Crippen LogP contribution in [0.1, 0.15) is 17.2 Å². The van der Waals surface area contributed by atoms with Crippen molar-refractivity contribution in [2.75, 3.05) is 14.2 Å². The van der Waals surface area contributed by atoms with Gasteiger partial charge in [0.1, 0.15) is 0 Å².